The number of carbonyl (C=O) groups excluding carboxylic acids is 1. The van der Waals surface area contributed by atoms with Gasteiger partial charge in [-0.2, -0.15) is 0 Å². The summed E-state index contributed by atoms with van der Waals surface area (Å²) in [4.78, 5) is 10.6. The van der Waals surface area contributed by atoms with Gasteiger partial charge in [-0.1, -0.05) is 25.1 Å². The molecular weight excluding hydrogens is 270 g/mol. The van der Waals surface area contributed by atoms with Crippen molar-refractivity contribution in [2.45, 2.75) is 51.4 Å². The Kier molecular flexibility index (Phi) is 3.18. The van der Waals surface area contributed by atoms with E-state index in [4.69, 9.17) is 0 Å². The van der Waals surface area contributed by atoms with E-state index in [1.807, 2.05) is 0 Å². The predicted molar refractivity (Wildman–Crippen MR) is 89.9 cm³/mol. The van der Waals surface area contributed by atoms with Crippen LogP contribution < -0.4 is 5.32 Å². The van der Waals surface area contributed by atoms with Crippen LogP contribution in [-0.4, -0.2) is 6.41 Å². The SMILES string of the molecule is C=C1CCC2C3CCc4cc(NC=O)ccc4C3CCC12C. The van der Waals surface area contributed by atoms with Crippen molar-refractivity contribution in [1.29, 1.82) is 0 Å². The van der Waals surface area contributed by atoms with Crippen LogP contribution in [0.25, 0.3) is 0 Å². The molecule has 0 radical (unpaired) electrons. The van der Waals surface area contributed by atoms with Crippen molar-refractivity contribution in [2.24, 2.45) is 17.3 Å². The number of carbonyl (C=O) groups is 1. The highest BCUT2D eigenvalue weighted by molar-refractivity contribution is 5.71. The number of anilines is 1. The maximum atomic E-state index is 10.6. The molecule has 0 bridgehead atoms. The molecule has 1 aromatic rings. The zero-order valence-electron chi connectivity index (χ0n) is 13.4. The van der Waals surface area contributed by atoms with Gasteiger partial charge in [0.15, 0.2) is 0 Å². The Bertz CT molecular complexity index is 635. The molecule has 116 valence electrons. The molecule has 2 saturated carbocycles. The Hall–Kier alpha value is -1.57. The maximum Gasteiger partial charge on any atom is 0.211 e. The molecule has 1 amide bonds. The zero-order chi connectivity index (χ0) is 15.3. The Morgan fingerprint density at radius 1 is 1.27 bits per heavy atom. The lowest BCUT2D eigenvalue weighted by Gasteiger charge is -2.49. The summed E-state index contributed by atoms with van der Waals surface area (Å²) in [5.74, 6) is 2.38. The lowest BCUT2D eigenvalue weighted by molar-refractivity contribution is -0.105. The third-order valence-electron chi connectivity index (χ3n) is 6.91. The van der Waals surface area contributed by atoms with E-state index < -0.39 is 0 Å². The molecule has 4 atom stereocenters. The van der Waals surface area contributed by atoms with Gasteiger partial charge >= 0.3 is 0 Å². The number of rotatable bonds is 2. The standard InChI is InChI=1S/C20H25NO/c1-13-3-8-19-18-6-4-14-11-15(21-12-22)5-7-16(14)17(18)9-10-20(13,19)2/h5,7,11-12,17-19H,1,3-4,6,8-10H2,2H3,(H,21,22). The number of hydrogen-bond acceptors (Lipinski definition) is 1. The fraction of sp³-hybridized carbons (Fsp3) is 0.550. The number of hydrogen-bond donors (Lipinski definition) is 1. The fourth-order valence-corrected chi connectivity index (χ4v) is 5.65. The lowest BCUT2D eigenvalue weighted by Crippen LogP contribution is -2.40. The Balaban J connectivity index is 1.67. The summed E-state index contributed by atoms with van der Waals surface area (Å²) in [6.45, 7) is 6.85. The highest BCUT2D eigenvalue weighted by Gasteiger charge is 2.51. The van der Waals surface area contributed by atoms with Crippen molar-refractivity contribution < 1.29 is 4.79 Å². The van der Waals surface area contributed by atoms with E-state index in [2.05, 4.69) is 37.0 Å². The van der Waals surface area contributed by atoms with Gasteiger partial charge in [0, 0.05) is 5.69 Å². The molecule has 0 aliphatic heterocycles. The molecule has 1 aromatic carbocycles. The molecule has 22 heavy (non-hydrogen) atoms. The van der Waals surface area contributed by atoms with Crippen LogP contribution in [-0.2, 0) is 11.2 Å². The molecule has 3 aliphatic carbocycles. The van der Waals surface area contributed by atoms with E-state index >= 15 is 0 Å². The molecule has 0 spiro atoms. The number of nitrogens with one attached hydrogen (secondary N) is 1. The molecular formula is C20H25NO. The summed E-state index contributed by atoms with van der Waals surface area (Å²) < 4.78 is 0. The quantitative estimate of drug-likeness (QED) is 0.623. The molecule has 0 saturated heterocycles. The Morgan fingerprint density at radius 3 is 2.95 bits per heavy atom. The molecule has 4 rings (SSSR count). The largest absolute Gasteiger partial charge is 0.329 e. The van der Waals surface area contributed by atoms with Gasteiger partial charge in [-0.05, 0) is 85.0 Å². The number of amides is 1. The van der Waals surface area contributed by atoms with Gasteiger partial charge in [0.05, 0.1) is 0 Å². The summed E-state index contributed by atoms with van der Waals surface area (Å²) in [6, 6.07) is 6.52. The smallest absolute Gasteiger partial charge is 0.211 e. The highest BCUT2D eigenvalue weighted by atomic mass is 16.1. The highest BCUT2D eigenvalue weighted by Crippen LogP contribution is 2.62. The Labute approximate surface area is 133 Å². The average molecular weight is 295 g/mol. The van der Waals surface area contributed by atoms with Gasteiger partial charge in [-0.3, -0.25) is 4.79 Å². The minimum Gasteiger partial charge on any atom is -0.329 e. The number of fused-ring (bicyclic) bond motifs is 5. The number of benzene rings is 1. The van der Waals surface area contributed by atoms with E-state index in [9.17, 15) is 4.79 Å². The second-order valence-corrected chi connectivity index (χ2v) is 7.69. The third kappa shape index (κ3) is 1.89. The van der Waals surface area contributed by atoms with Gasteiger partial charge in [-0.25, -0.2) is 0 Å². The number of aryl methyl sites for hydroxylation is 1. The Morgan fingerprint density at radius 2 is 2.14 bits per heavy atom. The maximum absolute atomic E-state index is 10.6. The van der Waals surface area contributed by atoms with Crippen LogP contribution >= 0.6 is 0 Å². The first-order valence-electron chi connectivity index (χ1n) is 8.65. The lowest BCUT2D eigenvalue weighted by atomic mass is 9.55. The van der Waals surface area contributed by atoms with Crippen LogP contribution in [0.2, 0.25) is 0 Å². The normalized spacial score (nSPS) is 36.2. The molecule has 2 heteroatoms. The second kappa shape index (κ2) is 4.97. The van der Waals surface area contributed by atoms with Crippen LogP contribution in [0, 0.1) is 17.3 Å². The first kappa shape index (κ1) is 14.0. The molecule has 1 N–H and O–H groups in total. The predicted octanol–water partition coefficient (Wildman–Crippen LogP) is 4.67. The first-order chi connectivity index (χ1) is 10.6. The van der Waals surface area contributed by atoms with Crippen molar-refractivity contribution in [1.82, 2.24) is 0 Å². The zero-order valence-corrected chi connectivity index (χ0v) is 13.4. The monoisotopic (exact) mass is 295 g/mol. The second-order valence-electron chi connectivity index (χ2n) is 7.69. The van der Waals surface area contributed by atoms with Crippen LogP contribution in [0.3, 0.4) is 0 Å². The minimum absolute atomic E-state index is 0.400. The van der Waals surface area contributed by atoms with Crippen molar-refractivity contribution >= 4 is 12.1 Å². The van der Waals surface area contributed by atoms with Gasteiger partial charge < -0.3 is 5.32 Å². The molecule has 0 heterocycles. The van der Waals surface area contributed by atoms with E-state index in [-0.39, 0.29) is 0 Å². The third-order valence-corrected chi connectivity index (χ3v) is 6.91. The van der Waals surface area contributed by atoms with Crippen molar-refractivity contribution in [3.8, 4) is 0 Å². The summed E-state index contributed by atoms with van der Waals surface area (Å²) in [5, 5.41) is 2.79. The van der Waals surface area contributed by atoms with E-state index in [0.29, 0.717) is 5.41 Å². The van der Waals surface area contributed by atoms with Crippen molar-refractivity contribution in [3.05, 3.63) is 41.5 Å². The van der Waals surface area contributed by atoms with E-state index in [1.54, 1.807) is 5.56 Å². The van der Waals surface area contributed by atoms with Gasteiger partial charge in [0.25, 0.3) is 0 Å². The first-order valence-corrected chi connectivity index (χ1v) is 8.65. The van der Waals surface area contributed by atoms with Crippen LogP contribution in [0.4, 0.5) is 5.69 Å². The van der Waals surface area contributed by atoms with Crippen molar-refractivity contribution in [2.75, 3.05) is 5.32 Å². The summed E-state index contributed by atoms with van der Waals surface area (Å²) in [5.41, 5.74) is 5.84. The summed E-state index contributed by atoms with van der Waals surface area (Å²) >= 11 is 0. The molecule has 4 unspecified atom stereocenters. The van der Waals surface area contributed by atoms with Crippen LogP contribution in [0.15, 0.2) is 30.4 Å². The van der Waals surface area contributed by atoms with Crippen LogP contribution in [0.5, 0.6) is 0 Å². The van der Waals surface area contributed by atoms with E-state index in [0.717, 1.165) is 36.3 Å². The van der Waals surface area contributed by atoms with Gasteiger partial charge in [-0.15, -0.1) is 0 Å². The summed E-state index contributed by atoms with van der Waals surface area (Å²) in [6.07, 6.45) is 8.40. The molecule has 0 aromatic heterocycles. The number of allylic oxidation sites excluding steroid dienone is 1. The molecule has 2 fully saturated rings. The van der Waals surface area contributed by atoms with Crippen molar-refractivity contribution in [3.63, 3.8) is 0 Å². The fourth-order valence-electron chi connectivity index (χ4n) is 5.65. The average Bonchev–Trinajstić information content (AvgIpc) is 2.83. The topological polar surface area (TPSA) is 29.1 Å². The summed E-state index contributed by atoms with van der Waals surface area (Å²) in [7, 11) is 0. The van der Waals surface area contributed by atoms with Gasteiger partial charge in [0.2, 0.25) is 6.41 Å². The molecule has 3 aliphatic rings. The molecule has 2 nitrogen and oxygen atoms in total. The van der Waals surface area contributed by atoms with E-state index in [1.165, 1.54) is 43.2 Å². The van der Waals surface area contributed by atoms with Gasteiger partial charge in [0.1, 0.15) is 0 Å². The minimum atomic E-state index is 0.400. The van der Waals surface area contributed by atoms with Crippen LogP contribution in [0.1, 0.15) is 56.1 Å².